The first kappa shape index (κ1) is 16.6. The standard InChI is InChI=1S/C19H17FN4O/c20-17-3-1-14(2-4-17)10-23-18-9-16(12-22-13-18)19(25)24-11-15-5-7-21-8-6-15/h1-9,12-13,23H,10-11H2,(H,24,25). The summed E-state index contributed by atoms with van der Waals surface area (Å²) < 4.78 is 12.9. The van der Waals surface area contributed by atoms with Gasteiger partial charge in [0.1, 0.15) is 5.82 Å². The monoisotopic (exact) mass is 336 g/mol. The number of pyridine rings is 2. The average molecular weight is 336 g/mol. The van der Waals surface area contributed by atoms with E-state index in [1.807, 2.05) is 12.1 Å². The van der Waals surface area contributed by atoms with Crippen molar-refractivity contribution in [3.63, 3.8) is 0 Å². The molecule has 0 unspecified atom stereocenters. The summed E-state index contributed by atoms with van der Waals surface area (Å²) in [5.74, 6) is -0.465. The molecule has 2 aromatic heterocycles. The molecule has 0 atom stereocenters. The number of aromatic nitrogens is 2. The molecule has 3 rings (SSSR count). The molecule has 2 heterocycles. The molecule has 6 heteroatoms. The Kier molecular flexibility index (Phi) is 5.31. The predicted molar refractivity (Wildman–Crippen MR) is 93.4 cm³/mol. The van der Waals surface area contributed by atoms with Crippen LogP contribution in [0.3, 0.4) is 0 Å². The fourth-order valence-electron chi connectivity index (χ4n) is 2.25. The zero-order valence-corrected chi connectivity index (χ0v) is 13.4. The minimum absolute atomic E-state index is 0.199. The summed E-state index contributed by atoms with van der Waals surface area (Å²) in [7, 11) is 0. The highest BCUT2D eigenvalue weighted by molar-refractivity contribution is 5.94. The van der Waals surface area contributed by atoms with Crippen molar-refractivity contribution < 1.29 is 9.18 Å². The summed E-state index contributed by atoms with van der Waals surface area (Å²) in [5.41, 5.74) is 3.11. The Bertz CT molecular complexity index is 838. The average Bonchev–Trinajstić information content (AvgIpc) is 2.67. The van der Waals surface area contributed by atoms with Gasteiger partial charge in [0.25, 0.3) is 5.91 Å². The first-order valence-electron chi connectivity index (χ1n) is 7.81. The molecule has 1 amide bonds. The maximum atomic E-state index is 12.9. The van der Waals surface area contributed by atoms with Crippen molar-refractivity contribution in [2.75, 3.05) is 5.32 Å². The summed E-state index contributed by atoms with van der Waals surface area (Å²) in [4.78, 5) is 20.3. The van der Waals surface area contributed by atoms with Crippen molar-refractivity contribution in [1.29, 1.82) is 0 Å². The van der Waals surface area contributed by atoms with E-state index in [1.165, 1.54) is 18.3 Å². The van der Waals surface area contributed by atoms with Gasteiger partial charge in [0.15, 0.2) is 0 Å². The van der Waals surface area contributed by atoms with Crippen molar-refractivity contribution in [3.05, 3.63) is 89.8 Å². The molecule has 126 valence electrons. The first-order chi connectivity index (χ1) is 12.2. The lowest BCUT2D eigenvalue weighted by Crippen LogP contribution is -2.23. The zero-order chi connectivity index (χ0) is 17.5. The third-order valence-electron chi connectivity index (χ3n) is 3.61. The van der Waals surface area contributed by atoms with E-state index in [0.29, 0.717) is 18.7 Å². The van der Waals surface area contributed by atoms with Gasteiger partial charge < -0.3 is 10.6 Å². The van der Waals surface area contributed by atoms with Crippen LogP contribution in [0.2, 0.25) is 0 Å². The van der Waals surface area contributed by atoms with Crippen molar-refractivity contribution in [2.45, 2.75) is 13.1 Å². The smallest absolute Gasteiger partial charge is 0.253 e. The molecule has 25 heavy (non-hydrogen) atoms. The molecule has 0 fully saturated rings. The van der Waals surface area contributed by atoms with Crippen LogP contribution in [0.25, 0.3) is 0 Å². The minimum Gasteiger partial charge on any atom is -0.380 e. The SMILES string of the molecule is O=C(NCc1ccncc1)c1cncc(NCc2ccc(F)cc2)c1. The van der Waals surface area contributed by atoms with Crippen LogP contribution >= 0.6 is 0 Å². The van der Waals surface area contributed by atoms with Gasteiger partial charge in [-0.05, 0) is 41.5 Å². The molecule has 3 aromatic rings. The molecule has 1 aromatic carbocycles. The van der Waals surface area contributed by atoms with Gasteiger partial charge in [-0.1, -0.05) is 12.1 Å². The second kappa shape index (κ2) is 8.01. The molecule has 0 saturated heterocycles. The molecule has 0 saturated carbocycles. The van der Waals surface area contributed by atoms with Gasteiger partial charge in [-0.25, -0.2) is 4.39 Å². The van der Waals surface area contributed by atoms with E-state index in [4.69, 9.17) is 0 Å². The van der Waals surface area contributed by atoms with Crippen molar-refractivity contribution in [1.82, 2.24) is 15.3 Å². The van der Waals surface area contributed by atoms with Crippen LogP contribution in [0.4, 0.5) is 10.1 Å². The third kappa shape index (κ3) is 4.84. The lowest BCUT2D eigenvalue weighted by molar-refractivity contribution is 0.0950. The lowest BCUT2D eigenvalue weighted by Gasteiger charge is -2.09. The van der Waals surface area contributed by atoms with Crippen LogP contribution in [-0.4, -0.2) is 15.9 Å². The van der Waals surface area contributed by atoms with E-state index in [-0.39, 0.29) is 11.7 Å². The van der Waals surface area contributed by atoms with Crippen LogP contribution in [0.1, 0.15) is 21.5 Å². The Balaban J connectivity index is 1.58. The third-order valence-corrected chi connectivity index (χ3v) is 3.61. The number of nitrogens with one attached hydrogen (secondary N) is 2. The summed E-state index contributed by atoms with van der Waals surface area (Å²) >= 11 is 0. The number of hydrogen-bond donors (Lipinski definition) is 2. The molecular formula is C19H17FN4O. The van der Waals surface area contributed by atoms with Gasteiger partial charge in [-0.2, -0.15) is 0 Å². The fraction of sp³-hybridized carbons (Fsp3) is 0.105. The number of benzene rings is 1. The topological polar surface area (TPSA) is 66.9 Å². The summed E-state index contributed by atoms with van der Waals surface area (Å²) in [6.45, 7) is 0.943. The quantitative estimate of drug-likeness (QED) is 0.726. The van der Waals surface area contributed by atoms with Crippen LogP contribution in [0.5, 0.6) is 0 Å². The highest BCUT2D eigenvalue weighted by atomic mass is 19.1. The van der Waals surface area contributed by atoms with Gasteiger partial charge in [0.2, 0.25) is 0 Å². The predicted octanol–water partition coefficient (Wildman–Crippen LogP) is 3.16. The highest BCUT2D eigenvalue weighted by Gasteiger charge is 2.07. The van der Waals surface area contributed by atoms with Gasteiger partial charge >= 0.3 is 0 Å². The Morgan fingerprint density at radius 1 is 0.920 bits per heavy atom. The second-order valence-corrected chi connectivity index (χ2v) is 5.48. The molecule has 0 bridgehead atoms. The van der Waals surface area contributed by atoms with Crippen molar-refractivity contribution in [2.24, 2.45) is 0 Å². The van der Waals surface area contributed by atoms with Gasteiger partial charge in [0, 0.05) is 37.9 Å². The number of carbonyl (C=O) groups excluding carboxylic acids is 1. The van der Waals surface area contributed by atoms with E-state index in [9.17, 15) is 9.18 Å². The van der Waals surface area contributed by atoms with E-state index < -0.39 is 0 Å². The molecule has 0 aliphatic heterocycles. The van der Waals surface area contributed by atoms with Crippen LogP contribution in [-0.2, 0) is 13.1 Å². The van der Waals surface area contributed by atoms with E-state index in [1.54, 1.807) is 36.8 Å². The molecular weight excluding hydrogens is 319 g/mol. The second-order valence-electron chi connectivity index (χ2n) is 5.48. The normalized spacial score (nSPS) is 10.3. The van der Waals surface area contributed by atoms with Gasteiger partial charge in [0.05, 0.1) is 11.3 Å². The number of rotatable bonds is 6. The number of anilines is 1. The number of nitrogens with zero attached hydrogens (tertiary/aromatic N) is 2. The summed E-state index contributed by atoms with van der Waals surface area (Å²) in [6, 6.07) is 11.7. The minimum atomic E-state index is -0.265. The number of amides is 1. The largest absolute Gasteiger partial charge is 0.380 e. The van der Waals surface area contributed by atoms with Crippen LogP contribution in [0, 0.1) is 5.82 Å². The van der Waals surface area contributed by atoms with E-state index in [2.05, 4.69) is 20.6 Å². The molecule has 0 radical (unpaired) electrons. The molecule has 0 aliphatic carbocycles. The Morgan fingerprint density at radius 2 is 1.64 bits per heavy atom. The molecule has 0 spiro atoms. The van der Waals surface area contributed by atoms with E-state index >= 15 is 0 Å². The molecule has 2 N–H and O–H groups in total. The van der Waals surface area contributed by atoms with Crippen LogP contribution < -0.4 is 10.6 Å². The number of hydrogen-bond acceptors (Lipinski definition) is 4. The van der Waals surface area contributed by atoms with Crippen molar-refractivity contribution in [3.8, 4) is 0 Å². The Labute approximate surface area is 145 Å². The highest BCUT2D eigenvalue weighted by Crippen LogP contribution is 2.11. The van der Waals surface area contributed by atoms with Gasteiger partial charge in [-0.3, -0.25) is 14.8 Å². The molecule has 5 nitrogen and oxygen atoms in total. The first-order valence-corrected chi connectivity index (χ1v) is 7.81. The van der Waals surface area contributed by atoms with E-state index in [0.717, 1.165) is 16.8 Å². The summed E-state index contributed by atoms with van der Waals surface area (Å²) in [5, 5.41) is 6.02. The van der Waals surface area contributed by atoms with Crippen LogP contribution in [0.15, 0.2) is 67.3 Å². The number of carbonyl (C=O) groups is 1. The lowest BCUT2D eigenvalue weighted by atomic mass is 10.2. The fourth-order valence-corrected chi connectivity index (χ4v) is 2.25. The zero-order valence-electron chi connectivity index (χ0n) is 13.4. The molecule has 0 aliphatic rings. The Hall–Kier alpha value is -3.28. The Morgan fingerprint density at radius 3 is 2.40 bits per heavy atom. The van der Waals surface area contributed by atoms with Crippen molar-refractivity contribution >= 4 is 11.6 Å². The summed E-state index contributed by atoms with van der Waals surface area (Å²) in [6.07, 6.45) is 6.53. The maximum Gasteiger partial charge on any atom is 0.253 e. The van der Waals surface area contributed by atoms with Gasteiger partial charge in [-0.15, -0.1) is 0 Å². The number of halogens is 1. The maximum absolute atomic E-state index is 12.9.